The summed E-state index contributed by atoms with van der Waals surface area (Å²) in [6.07, 6.45) is 2.27. The monoisotopic (exact) mass is 295 g/mol. The summed E-state index contributed by atoms with van der Waals surface area (Å²) >= 11 is 5.87. The Hall–Kier alpha value is -1.59. The average Bonchev–Trinajstić information content (AvgIpc) is 2.84. The Bertz CT molecular complexity index is 545. The molecule has 0 spiro atoms. The van der Waals surface area contributed by atoms with Crippen molar-refractivity contribution in [2.24, 2.45) is 0 Å². The Morgan fingerprint density at radius 1 is 1.45 bits per heavy atom. The molecule has 1 N–H and O–H groups in total. The van der Waals surface area contributed by atoms with Gasteiger partial charge in [-0.1, -0.05) is 24.6 Å². The van der Waals surface area contributed by atoms with Gasteiger partial charge < -0.3 is 9.84 Å². The van der Waals surface area contributed by atoms with Crippen LogP contribution in [0.3, 0.4) is 0 Å². The van der Waals surface area contributed by atoms with Crippen LogP contribution >= 0.6 is 11.6 Å². The summed E-state index contributed by atoms with van der Waals surface area (Å²) in [6.45, 7) is 3.07. The van der Waals surface area contributed by atoms with Crippen LogP contribution in [-0.2, 0) is 13.0 Å². The van der Waals surface area contributed by atoms with Gasteiger partial charge in [0.15, 0.2) is 0 Å². The van der Waals surface area contributed by atoms with Gasteiger partial charge in [0.1, 0.15) is 24.5 Å². The van der Waals surface area contributed by atoms with Crippen LogP contribution in [0.2, 0.25) is 5.02 Å². The highest BCUT2D eigenvalue weighted by atomic mass is 35.5. The molecule has 0 saturated heterocycles. The van der Waals surface area contributed by atoms with Crippen molar-refractivity contribution in [3.8, 4) is 5.75 Å². The summed E-state index contributed by atoms with van der Waals surface area (Å²) in [5, 5.41) is 14.7. The topological polar surface area (TPSA) is 60.2 Å². The Labute approximate surface area is 123 Å². The van der Waals surface area contributed by atoms with Gasteiger partial charge in [-0.3, -0.25) is 4.68 Å². The van der Waals surface area contributed by atoms with Crippen molar-refractivity contribution >= 4 is 11.6 Å². The molecule has 0 radical (unpaired) electrons. The lowest BCUT2D eigenvalue weighted by molar-refractivity contribution is 0.105. The molecule has 1 aromatic heterocycles. The molecule has 0 fully saturated rings. The molecule has 2 aromatic rings. The van der Waals surface area contributed by atoms with Crippen molar-refractivity contribution in [3.63, 3.8) is 0 Å². The number of hydrogen-bond donors (Lipinski definition) is 1. The van der Waals surface area contributed by atoms with Crippen LogP contribution in [0.4, 0.5) is 0 Å². The number of aliphatic hydroxyl groups excluding tert-OH is 1. The van der Waals surface area contributed by atoms with Crippen molar-refractivity contribution in [1.29, 1.82) is 0 Å². The van der Waals surface area contributed by atoms with E-state index in [-0.39, 0.29) is 6.61 Å². The summed E-state index contributed by atoms with van der Waals surface area (Å²) in [5.41, 5.74) is 0. The predicted octanol–water partition coefficient (Wildman–Crippen LogP) is 2.32. The lowest BCUT2D eigenvalue weighted by Gasteiger charge is -2.12. The van der Waals surface area contributed by atoms with Gasteiger partial charge in [0.25, 0.3) is 0 Å². The number of halogens is 1. The van der Waals surface area contributed by atoms with Gasteiger partial charge in [0, 0.05) is 18.0 Å². The van der Waals surface area contributed by atoms with Crippen LogP contribution in [0.25, 0.3) is 0 Å². The number of hydrogen-bond acceptors (Lipinski definition) is 4. The number of nitrogens with zero attached hydrogens (tertiary/aromatic N) is 3. The zero-order valence-corrected chi connectivity index (χ0v) is 12.1. The number of aryl methyl sites for hydroxylation is 1. The maximum absolute atomic E-state index is 10.0. The second kappa shape index (κ2) is 7.26. The van der Waals surface area contributed by atoms with Gasteiger partial charge in [-0.2, -0.15) is 5.10 Å². The van der Waals surface area contributed by atoms with Crippen molar-refractivity contribution in [1.82, 2.24) is 14.8 Å². The highest BCUT2D eigenvalue weighted by Crippen LogP contribution is 2.17. The van der Waals surface area contributed by atoms with Gasteiger partial charge in [-0.15, -0.1) is 0 Å². The summed E-state index contributed by atoms with van der Waals surface area (Å²) in [7, 11) is 0. The fourth-order valence-corrected chi connectivity index (χ4v) is 2.04. The quantitative estimate of drug-likeness (QED) is 0.851. The maximum atomic E-state index is 10.0. The number of ether oxygens (including phenoxy) is 1. The molecule has 0 amide bonds. The van der Waals surface area contributed by atoms with Gasteiger partial charge in [-0.05, 0) is 24.6 Å². The molecule has 1 aromatic carbocycles. The van der Waals surface area contributed by atoms with Crippen LogP contribution < -0.4 is 4.74 Å². The molecule has 108 valence electrons. The third-order valence-electron chi connectivity index (χ3n) is 2.79. The first-order chi connectivity index (χ1) is 9.69. The fourth-order valence-electron chi connectivity index (χ4n) is 1.86. The second-order valence-corrected chi connectivity index (χ2v) is 4.96. The van der Waals surface area contributed by atoms with E-state index in [1.54, 1.807) is 18.2 Å². The van der Waals surface area contributed by atoms with E-state index in [2.05, 4.69) is 17.0 Å². The molecule has 0 bridgehead atoms. The minimum Gasteiger partial charge on any atom is -0.491 e. The maximum Gasteiger partial charge on any atom is 0.138 e. The molecule has 1 atom stereocenters. The predicted molar refractivity (Wildman–Crippen MR) is 77.0 cm³/mol. The lowest BCUT2D eigenvalue weighted by Crippen LogP contribution is -2.22. The number of aromatic nitrogens is 3. The van der Waals surface area contributed by atoms with E-state index in [1.165, 1.54) is 6.33 Å². The fraction of sp³-hybridized carbons (Fsp3) is 0.429. The van der Waals surface area contributed by atoms with E-state index in [9.17, 15) is 5.11 Å². The van der Waals surface area contributed by atoms with Crippen molar-refractivity contribution in [3.05, 3.63) is 41.4 Å². The van der Waals surface area contributed by atoms with Crippen molar-refractivity contribution in [2.75, 3.05) is 6.61 Å². The largest absolute Gasteiger partial charge is 0.491 e. The highest BCUT2D eigenvalue weighted by molar-refractivity contribution is 6.30. The molecular formula is C14H18ClN3O2. The number of aliphatic hydroxyl groups is 1. The summed E-state index contributed by atoms with van der Waals surface area (Å²) in [4.78, 5) is 4.16. The lowest BCUT2D eigenvalue weighted by atomic mass is 10.2. The molecule has 0 aliphatic heterocycles. The third-order valence-corrected chi connectivity index (χ3v) is 3.02. The third kappa shape index (κ3) is 4.21. The van der Waals surface area contributed by atoms with Crippen LogP contribution in [-0.4, -0.2) is 32.6 Å². The SMILES string of the molecule is CCCn1ncnc1CC(O)COc1cccc(Cl)c1. The standard InChI is InChI=1S/C14H18ClN3O2/c1-2-6-18-14(16-10-17-18)8-12(19)9-20-13-5-3-4-11(15)7-13/h3-5,7,10,12,19H,2,6,8-9H2,1H3. The Kier molecular flexibility index (Phi) is 5.38. The molecule has 1 heterocycles. The van der Waals surface area contributed by atoms with Crippen molar-refractivity contribution < 1.29 is 9.84 Å². The summed E-state index contributed by atoms with van der Waals surface area (Å²) in [5.74, 6) is 1.42. The molecule has 20 heavy (non-hydrogen) atoms. The van der Waals surface area contributed by atoms with Gasteiger partial charge in [0.05, 0.1) is 6.10 Å². The molecule has 6 heteroatoms. The Morgan fingerprint density at radius 2 is 2.30 bits per heavy atom. The molecule has 1 unspecified atom stereocenters. The smallest absolute Gasteiger partial charge is 0.138 e. The molecule has 0 saturated carbocycles. The normalized spacial score (nSPS) is 12.3. The van der Waals surface area contributed by atoms with Crippen molar-refractivity contribution in [2.45, 2.75) is 32.4 Å². The highest BCUT2D eigenvalue weighted by Gasteiger charge is 2.12. The van der Waals surface area contributed by atoms with E-state index in [4.69, 9.17) is 16.3 Å². The van der Waals surface area contributed by atoms with E-state index in [1.807, 2.05) is 10.7 Å². The number of rotatable bonds is 7. The second-order valence-electron chi connectivity index (χ2n) is 4.53. The Morgan fingerprint density at radius 3 is 3.05 bits per heavy atom. The number of benzene rings is 1. The van der Waals surface area contributed by atoms with E-state index in [0.717, 1.165) is 18.8 Å². The molecule has 0 aliphatic rings. The minimum absolute atomic E-state index is 0.194. The zero-order chi connectivity index (χ0) is 14.4. The minimum atomic E-state index is -0.631. The van der Waals surface area contributed by atoms with E-state index < -0.39 is 6.10 Å². The van der Waals surface area contributed by atoms with E-state index >= 15 is 0 Å². The van der Waals surface area contributed by atoms with E-state index in [0.29, 0.717) is 17.2 Å². The molecule has 5 nitrogen and oxygen atoms in total. The van der Waals surface area contributed by atoms with Crippen LogP contribution in [0.5, 0.6) is 5.75 Å². The molecule has 0 aliphatic carbocycles. The van der Waals surface area contributed by atoms with Crippen LogP contribution in [0.1, 0.15) is 19.2 Å². The van der Waals surface area contributed by atoms with Crippen LogP contribution in [0.15, 0.2) is 30.6 Å². The zero-order valence-electron chi connectivity index (χ0n) is 11.4. The van der Waals surface area contributed by atoms with Gasteiger partial charge in [0.2, 0.25) is 0 Å². The first-order valence-corrected chi connectivity index (χ1v) is 7.00. The summed E-state index contributed by atoms with van der Waals surface area (Å²) < 4.78 is 7.31. The first kappa shape index (κ1) is 14.8. The molecule has 2 rings (SSSR count). The van der Waals surface area contributed by atoms with Gasteiger partial charge in [-0.25, -0.2) is 4.98 Å². The van der Waals surface area contributed by atoms with Crippen LogP contribution in [0, 0.1) is 0 Å². The Balaban J connectivity index is 1.86. The average molecular weight is 296 g/mol. The molecular weight excluding hydrogens is 278 g/mol. The summed E-state index contributed by atoms with van der Waals surface area (Å²) in [6, 6.07) is 7.10. The van der Waals surface area contributed by atoms with Gasteiger partial charge >= 0.3 is 0 Å². The first-order valence-electron chi connectivity index (χ1n) is 6.62.